The van der Waals surface area contributed by atoms with Gasteiger partial charge in [-0.05, 0) is 42.5 Å². The van der Waals surface area contributed by atoms with Crippen LogP contribution < -0.4 is 24.6 Å². The van der Waals surface area contributed by atoms with E-state index in [0.29, 0.717) is 10.7 Å². The van der Waals surface area contributed by atoms with Crippen molar-refractivity contribution in [2.45, 2.75) is 0 Å². The van der Waals surface area contributed by atoms with Crippen LogP contribution in [0.4, 0.5) is 17.2 Å². The van der Waals surface area contributed by atoms with Gasteiger partial charge in [-0.2, -0.15) is 0 Å². The van der Waals surface area contributed by atoms with Gasteiger partial charge < -0.3 is 24.6 Å². The molecule has 0 spiro atoms. The lowest BCUT2D eigenvalue weighted by molar-refractivity contribution is 0.102. The molecule has 0 unspecified atom stereocenters. The fourth-order valence-electron chi connectivity index (χ4n) is 4.43. The molecule has 0 bridgehead atoms. The van der Waals surface area contributed by atoms with Gasteiger partial charge >= 0.3 is 0 Å². The van der Waals surface area contributed by atoms with E-state index in [0.717, 1.165) is 60.0 Å². The van der Waals surface area contributed by atoms with E-state index in [1.165, 1.54) is 0 Å². The van der Waals surface area contributed by atoms with Crippen LogP contribution in [0.25, 0.3) is 10.8 Å². The summed E-state index contributed by atoms with van der Waals surface area (Å²) in [6.07, 6.45) is 0. The number of anilines is 3. The van der Waals surface area contributed by atoms with Crippen LogP contribution in [0.2, 0.25) is 5.02 Å². The molecule has 1 fully saturated rings. The topological polar surface area (TPSA) is 79.8 Å². The second-order valence-electron chi connectivity index (χ2n) is 8.39. The fourth-order valence-corrected chi connectivity index (χ4v) is 4.59. The molecule has 36 heavy (non-hydrogen) atoms. The smallest absolute Gasteiger partial charge is 0.276 e. The summed E-state index contributed by atoms with van der Waals surface area (Å²) in [5, 5.41) is 14.1. The summed E-state index contributed by atoms with van der Waals surface area (Å²) in [5.74, 6) is 1.97. The summed E-state index contributed by atoms with van der Waals surface area (Å²) in [4.78, 5) is 17.5. The Morgan fingerprint density at radius 2 is 1.56 bits per heavy atom. The van der Waals surface area contributed by atoms with Gasteiger partial charge in [0.2, 0.25) is 0 Å². The normalized spacial score (nSPS) is 13.5. The minimum absolute atomic E-state index is 0.285. The van der Waals surface area contributed by atoms with Gasteiger partial charge in [-0.15, -0.1) is 10.2 Å². The number of benzene rings is 3. The molecule has 8 nitrogen and oxygen atoms in total. The monoisotopic (exact) mass is 503 g/mol. The van der Waals surface area contributed by atoms with E-state index in [2.05, 4.69) is 25.3 Å². The number of ether oxygens (including phenoxy) is 2. The first kappa shape index (κ1) is 23.7. The quantitative estimate of drug-likeness (QED) is 0.401. The van der Waals surface area contributed by atoms with Crippen LogP contribution in [-0.2, 0) is 0 Å². The highest BCUT2D eigenvalue weighted by Crippen LogP contribution is 2.33. The van der Waals surface area contributed by atoms with Crippen LogP contribution in [-0.4, -0.2) is 56.5 Å². The van der Waals surface area contributed by atoms with E-state index >= 15 is 0 Å². The zero-order valence-electron chi connectivity index (χ0n) is 20.1. The zero-order chi connectivity index (χ0) is 25.1. The first-order chi connectivity index (χ1) is 17.6. The fraction of sp³-hybridized carbons (Fsp3) is 0.222. The number of hydrogen-bond acceptors (Lipinski definition) is 7. The van der Waals surface area contributed by atoms with Crippen molar-refractivity contribution in [3.63, 3.8) is 0 Å². The van der Waals surface area contributed by atoms with Crippen molar-refractivity contribution in [3.8, 4) is 11.5 Å². The van der Waals surface area contributed by atoms with Gasteiger partial charge in [0.15, 0.2) is 11.5 Å². The lowest BCUT2D eigenvalue weighted by Crippen LogP contribution is -2.47. The minimum Gasteiger partial charge on any atom is -0.497 e. The second-order valence-corrected chi connectivity index (χ2v) is 8.83. The summed E-state index contributed by atoms with van der Waals surface area (Å²) in [5.41, 5.74) is 1.92. The number of piperazine rings is 1. The molecule has 0 aliphatic carbocycles. The van der Waals surface area contributed by atoms with Crippen molar-refractivity contribution in [1.29, 1.82) is 0 Å². The van der Waals surface area contributed by atoms with Crippen molar-refractivity contribution in [2.75, 3.05) is 55.5 Å². The number of rotatable bonds is 6. The highest BCUT2D eigenvalue weighted by Gasteiger charge is 2.24. The molecule has 1 aromatic heterocycles. The standard InChI is InChI=1S/C27H26ClN5O3/c1-35-20-10-8-19(9-11-20)29-27(34)25-21-5-3-4-6-22(21)26(31-30-25)33-15-13-32(14-16-33)23-17-18(28)7-12-24(23)36-2/h3-12,17H,13-16H2,1-2H3,(H,29,34). The second kappa shape index (κ2) is 10.3. The molecule has 1 aliphatic rings. The van der Waals surface area contributed by atoms with Crippen molar-refractivity contribution in [2.24, 2.45) is 0 Å². The number of nitrogens with one attached hydrogen (secondary N) is 1. The van der Waals surface area contributed by atoms with Crippen LogP contribution in [0.1, 0.15) is 10.5 Å². The molecule has 1 amide bonds. The van der Waals surface area contributed by atoms with Gasteiger partial charge in [0.1, 0.15) is 11.5 Å². The molecule has 3 aromatic carbocycles. The molecule has 1 aliphatic heterocycles. The number of carbonyl (C=O) groups excluding carboxylic acids is 1. The predicted octanol–water partition coefficient (Wildman–Crippen LogP) is 4.88. The Bertz CT molecular complexity index is 1390. The first-order valence-corrected chi connectivity index (χ1v) is 12.0. The highest BCUT2D eigenvalue weighted by atomic mass is 35.5. The third-order valence-corrected chi connectivity index (χ3v) is 6.53. The van der Waals surface area contributed by atoms with Crippen LogP contribution in [0, 0.1) is 0 Å². The van der Waals surface area contributed by atoms with Gasteiger partial charge in [-0.25, -0.2) is 0 Å². The molecular weight excluding hydrogens is 478 g/mol. The highest BCUT2D eigenvalue weighted by molar-refractivity contribution is 6.31. The predicted molar refractivity (Wildman–Crippen MR) is 143 cm³/mol. The lowest BCUT2D eigenvalue weighted by Gasteiger charge is -2.37. The summed E-state index contributed by atoms with van der Waals surface area (Å²) in [6.45, 7) is 3.02. The van der Waals surface area contributed by atoms with Crippen molar-refractivity contribution in [3.05, 3.63) is 77.4 Å². The molecule has 184 valence electrons. The van der Waals surface area contributed by atoms with Crippen LogP contribution in [0.15, 0.2) is 66.7 Å². The number of nitrogens with zero attached hydrogens (tertiary/aromatic N) is 4. The SMILES string of the molecule is COc1ccc(NC(=O)c2nnc(N3CCN(c4cc(Cl)ccc4OC)CC3)c3ccccc23)cc1. The van der Waals surface area contributed by atoms with E-state index in [4.69, 9.17) is 21.1 Å². The van der Waals surface area contributed by atoms with Gasteiger partial charge in [0.05, 0.1) is 19.9 Å². The van der Waals surface area contributed by atoms with Gasteiger partial charge in [0, 0.05) is 47.7 Å². The van der Waals surface area contributed by atoms with Crippen molar-refractivity contribution in [1.82, 2.24) is 10.2 Å². The number of methoxy groups -OCH3 is 2. The number of halogens is 1. The molecule has 9 heteroatoms. The van der Waals surface area contributed by atoms with Gasteiger partial charge in [0.25, 0.3) is 5.91 Å². The lowest BCUT2D eigenvalue weighted by atomic mass is 10.1. The maximum Gasteiger partial charge on any atom is 0.276 e. The summed E-state index contributed by atoms with van der Waals surface area (Å²) < 4.78 is 10.7. The molecule has 2 heterocycles. The average molecular weight is 504 g/mol. The Morgan fingerprint density at radius 3 is 2.25 bits per heavy atom. The summed E-state index contributed by atoms with van der Waals surface area (Å²) >= 11 is 6.24. The minimum atomic E-state index is -0.312. The Balaban J connectivity index is 1.37. The third-order valence-electron chi connectivity index (χ3n) is 6.29. The number of hydrogen-bond donors (Lipinski definition) is 1. The Labute approximate surface area is 214 Å². The van der Waals surface area contributed by atoms with Gasteiger partial charge in [-0.1, -0.05) is 35.9 Å². The maximum absolute atomic E-state index is 13.1. The average Bonchev–Trinajstić information content (AvgIpc) is 2.93. The third kappa shape index (κ3) is 4.72. The summed E-state index contributed by atoms with van der Waals surface area (Å²) in [6, 6.07) is 20.5. The molecule has 1 saturated heterocycles. The number of aromatic nitrogens is 2. The zero-order valence-corrected chi connectivity index (χ0v) is 20.8. The maximum atomic E-state index is 13.1. The number of amides is 1. The Kier molecular flexibility index (Phi) is 6.77. The van der Waals surface area contributed by atoms with Gasteiger partial charge in [-0.3, -0.25) is 4.79 Å². The molecular formula is C27H26ClN5O3. The van der Waals surface area contributed by atoms with Crippen molar-refractivity contribution >= 4 is 45.5 Å². The van der Waals surface area contributed by atoms with Crippen molar-refractivity contribution < 1.29 is 14.3 Å². The Morgan fingerprint density at radius 1 is 0.861 bits per heavy atom. The van der Waals surface area contributed by atoms with E-state index in [9.17, 15) is 4.79 Å². The number of fused-ring (bicyclic) bond motifs is 1. The molecule has 1 N–H and O–H groups in total. The largest absolute Gasteiger partial charge is 0.497 e. The number of carbonyl (C=O) groups is 1. The van der Waals surface area contributed by atoms with Crippen LogP contribution in [0.5, 0.6) is 11.5 Å². The van der Waals surface area contributed by atoms with E-state index in [1.807, 2.05) is 42.5 Å². The van der Waals surface area contributed by atoms with Crippen LogP contribution >= 0.6 is 11.6 Å². The van der Waals surface area contributed by atoms with E-state index < -0.39 is 0 Å². The van der Waals surface area contributed by atoms with E-state index in [-0.39, 0.29) is 11.6 Å². The first-order valence-electron chi connectivity index (χ1n) is 11.6. The molecule has 5 rings (SSSR count). The van der Waals surface area contributed by atoms with Crippen LogP contribution in [0.3, 0.4) is 0 Å². The Hall–Kier alpha value is -4.04. The molecule has 4 aromatic rings. The molecule has 0 atom stereocenters. The van der Waals surface area contributed by atoms with E-state index in [1.54, 1.807) is 38.5 Å². The summed E-state index contributed by atoms with van der Waals surface area (Å²) in [7, 11) is 3.27. The molecule has 0 radical (unpaired) electrons. The molecule has 0 saturated carbocycles.